The van der Waals surface area contributed by atoms with Gasteiger partial charge in [-0.3, -0.25) is 0 Å². The fourth-order valence-corrected chi connectivity index (χ4v) is 6.80. The number of likely N-dealkylation sites (N-methyl/N-ethyl adjacent to an activating group) is 2. The minimum atomic E-state index is -5.33. The molecule has 0 amide bonds. The van der Waals surface area contributed by atoms with Crippen molar-refractivity contribution in [1.29, 1.82) is 0 Å². The molecule has 2 saturated heterocycles. The molecule has 4 heterocycles. The molecule has 2 aromatic heterocycles. The van der Waals surface area contributed by atoms with E-state index in [0.717, 1.165) is 13.8 Å². The molecule has 10 nitrogen and oxygen atoms in total. The first-order valence-corrected chi connectivity index (χ1v) is 18.3. The number of aromatic nitrogens is 3. The summed E-state index contributed by atoms with van der Waals surface area (Å²) in [6.07, 6.45) is -13.6. The first kappa shape index (κ1) is 45.8. The number of ether oxygens (including phenoxy) is 3. The topological polar surface area (TPSA) is 111 Å². The molecule has 0 saturated carbocycles. The van der Waals surface area contributed by atoms with Crippen LogP contribution in [-0.2, 0) is 10.9 Å². The molecule has 3 atom stereocenters. The maximum atomic E-state index is 16.9. The normalized spacial score (nSPS) is 17.9. The third-order valence-electron chi connectivity index (χ3n) is 10.3. The van der Waals surface area contributed by atoms with Gasteiger partial charge in [0.2, 0.25) is 5.88 Å². The van der Waals surface area contributed by atoms with E-state index in [1.807, 2.05) is 18.7 Å². The molecular formula is C37H49F10N7O3. The molecule has 5 rings (SSSR count). The maximum absolute atomic E-state index is 16.9. The number of hydrogen-bond acceptors (Lipinski definition) is 10. The zero-order valence-electron chi connectivity index (χ0n) is 33.2. The van der Waals surface area contributed by atoms with Crippen molar-refractivity contribution in [2.75, 3.05) is 70.7 Å². The van der Waals surface area contributed by atoms with Crippen LogP contribution in [0.5, 0.6) is 11.9 Å². The lowest BCUT2D eigenvalue weighted by atomic mass is 9.75. The van der Waals surface area contributed by atoms with Crippen molar-refractivity contribution in [3.05, 3.63) is 28.8 Å². The van der Waals surface area contributed by atoms with E-state index in [9.17, 15) is 30.7 Å². The van der Waals surface area contributed by atoms with Gasteiger partial charge in [-0.2, -0.15) is 36.3 Å². The predicted octanol–water partition coefficient (Wildman–Crippen LogP) is 8.04. The molecule has 3 aromatic rings. The van der Waals surface area contributed by atoms with E-state index >= 15 is 13.2 Å². The first-order chi connectivity index (χ1) is 26.3. The van der Waals surface area contributed by atoms with Crippen LogP contribution in [-0.4, -0.2) is 104 Å². The Bertz CT molecular complexity index is 1900. The maximum Gasteiger partial charge on any atom is 0.425 e. The summed E-state index contributed by atoms with van der Waals surface area (Å²) in [5.41, 5.74) is -3.12. The summed E-state index contributed by atoms with van der Waals surface area (Å²) in [4.78, 5) is 15.4. The number of benzene rings is 1. The van der Waals surface area contributed by atoms with Gasteiger partial charge < -0.3 is 35.1 Å². The first-order valence-electron chi connectivity index (χ1n) is 18.3. The third kappa shape index (κ3) is 9.37. The average Bonchev–Trinajstić information content (AvgIpc) is 3.08. The number of alkyl halides is 8. The van der Waals surface area contributed by atoms with Gasteiger partial charge in [0.25, 0.3) is 5.92 Å². The van der Waals surface area contributed by atoms with Gasteiger partial charge in [0.1, 0.15) is 34.8 Å². The van der Waals surface area contributed by atoms with Gasteiger partial charge in [-0.25, -0.2) is 22.5 Å². The smallest absolute Gasteiger partial charge is 0.425 e. The van der Waals surface area contributed by atoms with Crippen LogP contribution in [0.15, 0.2) is 6.07 Å². The summed E-state index contributed by atoms with van der Waals surface area (Å²) in [7, 11) is 3.04. The van der Waals surface area contributed by atoms with Crippen LogP contribution < -0.4 is 25.4 Å². The summed E-state index contributed by atoms with van der Waals surface area (Å²) in [5.74, 6) is -7.76. The molecule has 57 heavy (non-hydrogen) atoms. The van der Waals surface area contributed by atoms with Crippen LogP contribution in [0, 0.1) is 29.4 Å². The second-order valence-electron chi connectivity index (χ2n) is 15.0. The van der Waals surface area contributed by atoms with E-state index in [4.69, 9.17) is 19.9 Å². The zero-order valence-corrected chi connectivity index (χ0v) is 33.2. The Kier molecular flexibility index (Phi) is 13.5. The highest BCUT2D eigenvalue weighted by molar-refractivity contribution is 5.97. The lowest BCUT2D eigenvalue weighted by molar-refractivity contribution is -0.209. The largest absolute Gasteiger partial charge is 0.464 e. The summed E-state index contributed by atoms with van der Waals surface area (Å²) in [5, 5.41) is 2.37. The number of likely N-dealkylation sites (tertiary alicyclic amines) is 1. The highest BCUT2D eigenvalue weighted by Gasteiger charge is 2.54. The molecular weight excluding hydrogens is 780 g/mol. The number of anilines is 2. The number of nitrogens with two attached hydrogens (primary N) is 1. The molecule has 2 aliphatic heterocycles. The fraction of sp³-hybridized carbons (Fsp3) is 0.649. The van der Waals surface area contributed by atoms with Crippen molar-refractivity contribution in [2.45, 2.75) is 85.3 Å². The quantitative estimate of drug-likeness (QED) is 0.122. The van der Waals surface area contributed by atoms with Gasteiger partial charge in [0.05, 0.1) is 29.9 Å². The Morgan fingerprint density at radius 3 is 2.12 bits per heavy atom. The zero-order chi connectivity index (χ0) is 43.1. The standard InChI is InChI=1S/C35H43F10N7O3.C2H6/c1-8-21(34(40,41)42)55-29-22-27(25(37)26(48-29)19-9-20(46)24(36)18(3)23(19)35(43,44)45)49-30(50-28(22)51(7)10-17(2)47-6)54-14-31(4,32(5,38)39)11-52-12-33(13-52)15-53-16-33;1-2/h9,17,21,47H,8,10-16,46H2,1-7H3;1-2H3. The Balaban J connectivity index is 0.00000354. The molecule has 3 N–H and O–H groups in total. The Morgan fingerprint density at radius 2 is 1.63 bits per heavy atom. The van der Waals surface area contributed by atoms with Crippen molar-refractivity contribution >= 4 is 22.4 Å². The van der Waals surface area contributed by atoms with Crippen LogP contribution in [0.3, 0.4) is 0 Å². The lowest BCUT2D eigenvalue weighted by Crippen LogP contribution is -2.68. The minimum Gasteiger partial charge on any atom is -0.464 e. The summed E-state index contributed by atoms with van der Waals surface area (Å²) < 4.78 is 164. The molecule has 0 aliphatic carbocycles. The van der Waals surface area contributed by atoms with Crippen LogP contribution >= 0.6 is 0 Å². The molecule has 3 unspecified atom stereocenters. The molecule has 320 valence electrons. The van der Waals surface area contributed by atoms with E-state index < -0.39 is 105 Å². The van der Waals surface area contributed by atoms with Gasteiger partial charge in [-0.15, -0.1) is 0 Å². The van der Waals surface area contributed by atoms with Gasteiger partial charge >= 0.3 is 18.4 Å². The number of pyridine rings is 1. The van der Waals surface area contributed by atoms with E-state index in [1.165, 1.54) is 18.9 Å². The van der Waals surface area contributed by atoms with Crippen molar-refractivity contribution in [3.8, 4) is 23.1 Å². The van der Waals surface area contributed by atoms with Gasteiger partial charge in [0.15, 0.2) is 11.9 Å². The van der Waals surface area contributed by atoms with Crippen LogP contribution in [0.25, 0.3) is 22.2 Å². The van der Waals surface area contributed by atoms with Crippen LogP contribution in [0.1, 0.15) is 59.1 Å². The van der Waals surface area contributed by atoms with Crippen LogP contribution in [0.4, 0.5) is 55.4 Å². The third-order valence-corrected chi connectivity index (χ3v) is 10.3. The number of fused-ring (bicyclic) bond motifs is 1. The predicted molar refractivity (Wildman–Crippen MR) is 195 cm³/mol. The number of halogens is 10. The van der Waals surface area contributed by atoms with Crippen molar-refractivity contribution in [1.82, 2.24) is 25.2 Å². The number of hydrogen-bond donors (Lipinski definition) is 2. The van der Waals surface area contributed by atoms with Crippen molar-refractivity contribution < 1.29 is 58.1 Å². The molecule has 1 spiro atoms. The van der Waals surface area contributed by atoms with E-state index in [1.54, 1.807) is 14.0 Å². The number of rotatable bonds is 14. The van der Waals surface area contributed by atoms with E-state index in [0.29, 0.717) is 39.3 Å². The molecule has 2 fully saturated rings. The van der Waals surface area contributed by atoms with Crippen LogP contribution in [0.2, 0.25) is 0 Å². The SMILES string of the molecule is CC.CCC(Oc1nc(-c2cc(N)c(F)c(C)c2C(F)(F)F)c(F)c2nc(OCC(C)(CN3CC4(COC4)C3)C(C)(F)F)nc(N(C)CC(C)NC)c12)C(F)(F)F. The lowest BCUT2D eigenvalue weighted by Gasteiger charge is -2.57. The number of nitrogen functional groups attached to an aromatic ring is 1. The summed E-state index contributed by atoms with van der Waals surface area (Å²) in [6, 6.07) is -0.593. The molecule has 0 bridgehead atoms. The summed E-state index contributed by atoms with van der Waals surface area (Å²) in [6.45, 7) is 10.8. The van der Waals surface area contributed by atoms with Gasteiger partial charge in [0, 0.05) is 57.2 Å². The van der Waals surface area contributed by atoms with Gasteiger partial charge in [-0.1, -0.05) is 20.8 Å². The van der Waals surface area contributed by atoms with E-state index in [-0.39, 0.29) is 30.4 Å². The Hall–Kier alpha value is -3.91. The van der Waals surface area contributed by atoms with Gasteiger partial charge in [-0.05, 0) is 45.9 Å². The van der Waals surface area contributed by atoms with Crippen molar-refractivity contribution in [2.24, 2.45) is 10.8 Å². The molecule has 2 aliphatic rings. The molecule has 20 heteroatoms. The fourth-order valence-electron chi connectivity index (χ4n) is 6.80. The molecule has 0 radical (unpaired) electrons. The number of nitrogens with one attached hydrogen (secondary N) is 1. The monoisotopic (exact) mass is 829 g/mol. The minimum absolute atomic E-state index is 0.0540. The molecule has 1 aromatic carbocycles. The average molecular weight is 830 g/mol. The second kappa shape index (κ2) is 16.8. The number of nitrogens with zero attached hydrogens (tertiary/aromatic N) is 5. The van der Waals surface area contributed by atoms with E-state index in [2.05, 4.69) is 20.3 Å². The Labute approximate surface area is 324 Å². The second-order valence-corrected chi connectivity index (χ2v) is 15.0. The Morgan fingerprint density at radius 1 is 1.02 bits per heavy atom. The highest BCUT2D eigenvalue weighted by atomic mass is 19.4. The van der Waals surface area contributed by atoms with Crippen molar-refractivity contribution in [3.63, 3.8) is 0 Å². The summed E-state index contributed by atoms with van der Waals surface area (Å²) >= 11 is 0. The highest BCUT2D eigenvalue weighted by Crippen LogP contribution is 2.47.